The minimum absolute atomic E-state index is 0.117. The topological polar surface area (TPSA) is 61.4 Å². The van der Waals surface area contributed by atoms with Gasteiger partial charge in [-0.2, -0.15) is 0 Å². The van der Waals surface area contributed by atoms with Gasteiger partial charge in [-0.3, -0.25) is 4.79 Å². The molecule has 1 fully saturated rings. The summed E-state index contributed by atoms with van der Waals surface area (Å²) in [7, 11) is 0. The van der Waals surface area contributed by atoms with Gasteiger partial charge in [-0.15, -0.1) is 0 Å². The van der Waals surface area contributed by atoms with Crippen LogP contribution in [0.3, 0.4) is 0 Å². The second-order valence-corrected chi connectivity index (χ2v) is 5.70. The summed E-state index contributed by atoms with van der Waals surface area (Å²) < 4.78 is 0. The summed E-state index contributed by atoms with van der Waals surface area (Å²) >= 11 is 0. The second-order valence-electron chi connectivity index (χ2n) is 5.70. The number of aliphatic hydroxyl groups excluding tert-OH is 1. The van der Waals surface area contributed by atoms with Crippen molar-refractivity contribution in [3.05, 3.63) is 0 Å². The van der Waals surface area contributed by atoms with E-state index in [9.17, 15) is 4.79 Å². The van der Waals surface area contributed by atoms with Gasteiger partial charge in [0.2, 0.25) is 5.91 Å². The van der Waals surface area contributed by atoms with Crippen LogP contribution in [0, 0.1) is 5.92 Å². The quantitative estimate of drug-likeness (QED) is 0.599. The molecule has 0 spiro atoms. The summed E-state index contributed by atoms with van der Waals surface area (Å²) in [6.07, 6.45) is 9.12. The number of carbonyl (C=O) groups excluding carboxylic acids is 1. The van der Waals surface area contributed by atoms with Crippen molar-refractivity contribution in [1.82, 2.24) is 10.6 Å². The van der Waals surface area contributed by atoms with Crippen molar-refractivity contribution in [2.45, 2.75) is 64.3 Å². The van der Waals surface area contributed by atoms with Gasteiger partial charge in [0.1, 0.15) is 0 Å². The van der Waals surface area contributed by atoms with Gasteiger partial charge in [-0.05, 0) is 38.1 Å². The lowest BCUT2D eigenvalue weighted by molar-refractivity contribution is -0.121. The van der Waals surface area contributed by atoms with Gasteiger partial charge in [-0.25, -0.2) is 0 Å². The molecule has 0 bridgehead atoms. The fraction of sp³-hybridized carbons (Fsp3) is 0.933. The van der Waals surface area contributed by atoms with Gasteiger partial charge in [0.25, 0.3) is 0 Å². The lowest BCUT2D eigenvalue weighted by atomic mass is 9.95. The van der Waals surface area contributed by atoms with Crippen LogP contribution in [0.1, 0.15) is 58.3 Å². The van der Waals surface area contributed by atoms with Crippen molar-refractivity contribution in [2.75, 3.05) is 19.7 Å². The molecule has 0 aromatic carbocycles. The van der Waals surface area contributed by atoms with Crippen molar-refractivity contribution in [1.29, 1.82) is 0 Å². The fourth-order valence-electron chi connectivity index (χ4n) is 2.85. The van der Waals surface area contributed by atoms with E-state index in [1.54, 1.807) is 0 Å². The van der Waals surface area contributed by atoms with E-state index >= 15 is 0 Å². The molecule has 0 saturated heterocycles. The summed E-state index contributed by atoms with van der Waals surface area (Å²) in [4.78, 5) is 11.8. The van der Waals surface area contributed by atoms with E-state index in [1.807, 2.05) is 0 Å². The molecule has 112 valence electrons. The molecular weight excluding hydrogens is 240 g/mol. The van der Waals surface area contributed by atoms with E-state index < -0.39 is 0 Å². The van der Waals surface area contributed by atoms with Crippen LogP contribution in [-0.2, 0) is 4.79 Å². The number of aliphatic hydroxyl groups is 1. The SMILES string of the molecule is CCCC(CCO)CNCC(=O)NC1CCCCC1. The van der Waals surface area contributed by atoms with E-state index in [-0.39, 0.29) is 12.5 Å². The van der Waals surface area contributed by atoms with E-state index in [1.165, 1.54) is 19.3 Å². The molecule has 4 nitrogen and oxygen atoms in total. The Bertz CT molecular complexity index is 234. The van der Waals surface area contributed by atoms with E-state index in [4.69, 9.17) is 5.11 Å². The highest BCUT2D eigenvalue weighted by Crippen LogP contribution is 2.17. The summed E-state index contributed by atoms with van der Waals surface area (Å²) in [5, 5.41) is 15.3. The molecule has 1 atom stereocenters. The molecule has 0 radical (unpaired) electrons. The highest BCUT2D eigenvalue weighted by Gasteiger charge is 2.15. The number of nitrogens with one attached hydrogen (secondary N) is 2. The van der Waals surface area contributed by atoms with Gasteiger partial charge < -0.3 is 15.7 Å². The maximum absolute atomic E-state index is 11.8. The van der Waals surface area contributed by atoms with E-state index in [0.717, 1.165) is 38.6 Å². The van der Waals surface area contributed by atoms with Crippen LogP contribution in [0.15, 0.2) is 0 Å². The second kappa shape index (κ2) is 10.2. The van der Waals surface area contributed by atoms with Gasteiger partial charge in [0.05, 0.1) is 6.54 Å². The third-order valence-electron chi connectivity index (χ3n) is 3.92. The molecule has 0 heterocycles. The van der Waals surface area contributed by atoms with Crippen molar-refractivity contribution in [2.24, 2.45) is 5.92 Å². The Balaban J connectivity index is 2.10. The van der Waals surface area contributed by atoms with Crippen LogP contribution < -0.4 is 10.6 Å². The fourth-order valence-corrected chi connectivity index (χ4v) is 2.85. The third-order valence-corrected chi connectivity index (χ3v) is 3.92. The minimum Gasteiger partial charge on any atom is -0.396 e. The van der Waals surface area contributed by atoms with Gasteiger partial charge in [-0.1, -0.05) is 32.6 Å². The molecular formula is C15H30N2O2. The van der Waals surface area contributed by atoms with Crippen molar-refractivity contribution in [3.63, 3.8) is 0 Å². The first kappa shape index (κ1) is 16.4. The van der Waals surface area contributed by atoms with E-state index in [0.29, 0.717) is 18.5 Å². The molecule has 3 N–H and O–H groups in total. The first-order chi connectivity index (χ1) is 9.26. The molecule has 0 aromatic heterocycles. The molecule has 19 heavy (non-hydrogen) atoms. The number of hydrogen-bond acceptors (Lipinski definition) is 3. The first-order valence-electron chi connectivity index (χ1n) is 7.87. The predicted molar refractivity (Wildman–Crippen MR) is 78.0 cm³/mol. The van der Waals surface area contributed by atoms with Crippen LogP contribution in [0.5, 0.6) is 0 Å². The monoisotopic (exact) mass is 270 g/mol. The maximum atomic E-state index is 11.8. The van der Waals surface area contributed by atoms with Gasteiger partial charge >= 0.3 is 0 Å². The Kier molecular flexibility index (Phi) is 8.84. The molecule has 1 rings (SSSR count). The summed E-state index contributed by atoms with van der Waals surface area (Å²) in [5.41, 5.74) is 0. The van der Waals surface area contributed by atoms with Crippen molar-refractivity contribution < 1.29 is 9.90 Å². The zero-order chi connectivity index (χ0) is 13.9. The highest BCUT2D eigenvalue weighted by molar-refractivity contribution is 5.78. The molecule has 0 aromatic rings. The molecule has 1 aliphatic rings. The number of hydrogen-bond donors (Lipinski definition) is 3. The predicted octanol–water partition coefficient (Wildman–Crippen LogP) is 1.82. The Morgan fingerprint density at radius 3 is 2.63 bits per heavy atom. The zero-order valence-electron chi connectivity index (χ0n) is 12.3. The van der Waals surface area contributed by atoms with Crippen molar-refractivity contribution >= 4 is 5.91 Å². The number of rotatable bonds is 9. The Labute approximate surface area is 117 Å². The number of carbonyl (C=O) groups is 1. The Hall–Kier alpha value is -0.610. The zero-order valence-corrected chi connectivity index (χ0v) is 12.3. The van der Waals surface area contributed by atoms with Crippen LogP contribution in [0.25, 0.3) is 0 Å². The standard InChI is InChI=1S/C15H30N2O2/c1-2-6-13(9-10-18)11-16-12-15(19)17-14-7-4-3-5-8-14/h13-14,16,18H,2-12H2,1H3,(H,17,19). The summed E-state index contributed by atoms with van der Waals surface area (Å²) in [6, 6.07) is 0.395. The summed E-state index contributed by atoms with van der Waals surface area (Å²) in [5.74, 6) is 0.601. The van der Waals surface area contributed by atoms with E-state index in [2.05, 4.69) is 17.6 Å². The molecule has 1 unspecified atom stereocenters. The molecule has 1 aliphatic carbocycles. The molecule has 1 amide bonds. The molecule has 4 heteroatoms. The average Bonchev–Trinajstić information content (AvgIpc) is 2.40. The normalized spacial score (nSPS) is 18.2. The Morgan fingerprint density at radius 1 is 1.26 bits per heavy atom. The summed E-state index contributed by atoms with van der Waals surface area (Å²) in [6.45, 7) is 3.62. The van der Waals surface area contributed by atoms with Crippen LogP contribution in [0.4, 0.5) is 0 Å². The highest BCUT2D eigenvalue weighted by atomic mass is 16.3. The Morgan fingerprint density at radius 2 is 2.00 bits per heavy atom. The smallest absolute Gasteiger partial charge is 0.234 e. The van der Waals surface area contributed by atoms with Crippen molar-refractivity contribution in [3.8, 4) is 0 Å². The first-order valence-corrected chi connectivity index (χ1v) is 7.87. The van der Waals surface area contributed by atoms with Crippen LogP contribution >= 0.6 is 0 Å². The third kappa shape index (κ3) is 7.53. The lowest BCUT2D eigenvalue weighted by Crippen LogP contribution is -2.42. The van der Waals surface area contributed by atoms with Gasteiger partial charge in [0.15, 0.2) is 0 Å². The minimum atomic E-state index is 0.117. The largest absolute Gasteiger partial charge is 0.396 e. The maximum Gasteiger partial charge on any atom is 0.234 e. The number of amides is 1. The lowest BCUT2D eigenvalue weighted by Gasteiger charge is -2.23. The molecule has 1 saturated carbocycles. The average molecular weight is 270 g/mol. The molecule has 0 aliphatic heterocycles. The van der Waals surface area contributed by atoms with Crippen LogP contribution in [-0.4, -0.2) is 36.8 Å². The van der Waals surface area contributed by atoms with Crippen LogP contribution in [0.2, 0.25) is 0 Å². The van der Waals surface area contributed by atoms with Gasteiger partial charge in [0, 0.05) is 12.6 Å².